The highest BCUT2D eigenvalue weighted by Gasteiger charge is 2.23. The third-order valence-corrected chi connectivity index (χ3v) is 5.47. The third kappa shape index (κ3) is 5.26. The summed E-state index contributed by atoms with van der Waals surface area (Å²) < 4.78 is 0. The first-order valence-corrected chi connectivity index (χ1v) is 9.41. The van der Waals surface area contributed by atoms with Gasteiger partial charge in [-0.1, -0.05) is 30.3 Å². The van der Waals surface area contributed by atoms with Crippen molar-refractivity contribution in [2.45, 2.75) is 18.9 Å². The minimum Gasteiger partial charge on any atom is -0.370 e. The molecule has 0 radical (unpaired) electrons. The van der Waals surface area contributed by atoms with Gasteiger partial charge in [-0.25, -0.2) is 0 Å². The van der Waals surface area contributed by atoms with Crippen LogP contribution in [0.1, 0.15) is 24.4 Å². The quantitative estimate of drug-likeness (QED) is 0.439. The Morgan fingerprint density at radius 3 is 2.39 bits per heavy atom. The van der Waals surface area contributed by atoms with Gasteiger partial charge in [0.05, 0.1) is 12.6 Å². The average molecular weight is 446 g/mol. The molecule has 2 saturated heterocycles. The number of benzene rings is 1. The van der Waals surface area contributed by atoms with Crippen LogP contribution in [-0.2, 0) is 0 Å². The van der Waals surface area contributed by atoms with Gasteiger partial charge in [0, 0.05) is 24.6 Å². The number of likely N-dealkylation sites (tertiary alicyclic amines) is 1. The predicted molar refractivity (Wildman–Crippen MR) is 111 cm³/mol. The normalized spacial score (nSPS) is 21.0. The molecule has 2 aliphatic heterocycles. The zero-order valence-electron chi connectivity index (χ0n) is 13.6. The summed E-state index contributed by atoms with van der Waals surface area (Å²) in [7, 11) is 0. The van der Waals surface area contributed by atoms with Gasteiger partial charge in [-0.3, -0.25) is 9.89 Å². The summed E-state index contributed by atoms with van der Waals surface area (Å²) in [5.41, 5.74) is 7.58. The summed E-state index contributed by atoms with van der Waals surface area (Å²) in [5.74, 6) is 3.04. The molecule has 0 aromatic heterocycles. The molecule has 23 heavy (non-hydrogen) atoms. The number of thioether (sulfide) groups is 1. The lowest BCUT2D eigenvalue weighted by atomic mass is 10.1. The summed E-state index contributed by atoms with van der Waals surface area (Å²) in [4.78, 5) is 9.52. The van der Waals surface area contributed by atoms with Gasteiger partial charge in [0.15, 0.2) is 5.96 Å². The lowest BCUT2D eigenvalue weighted by Crippen LogP contribution is -2.43. The first kappa shape index (κ1) is 18.9. The second-order valence-electron chi connectivity index (χ2n) is 5.97. The van der Waals surface area contributed by atoms with Crippen LogP contribution in [0.3, 0.4) is 0 Å². The molecular formula is C17H27IN4S. The van der Waals surface area contributed by atoms with Crippen molar-refractivity contribution in [1.82, 2.24) is 9.80 Å². The number of rotatable bonds is 4. The molecule has 4 nitrogen and oxygen atoms in total. The SMILES string of the molecule is I.NC(=NCC(c1ccccc1)N1CCCC1)N1CCSCC1. The van der Waals surface area contributed by atoms with Crippen molar-refractivity contribution in [3.8, 4) is 0 Å². The van der Waals surface area contributed by atoms with Crippen LogP contribution in [0, 0.1) is 0 Å². The molecule has 1 atom stereocenters. The average Bonchev–Trinajstić information content (AvgIpc) is 3.11. The van der Waals surface area contributed by atoms with E-state index in [1.54, 1.807) is 0 Å². The van der Waals surface area contributed by atoms with Gasteiger partial charge in [-0.15, -0.1) is 24.0 Å². The molecule has 0 spiro atoms. The van der Waals surface area contributed by atoms with Crippen LogP contribution in [0.15, 0.2) is 35.3 Å². The van der Waals surface area contributed by atoms with Gasteiger partial charge < -0.3 is 10.6 Å². The minimum atomic E-state index is 0. The zero-order chi connectivity index (χ0) is 15.2. The number of nitrogens with zero attached hydrogens (tertiary/aromatic N) is 3. The van der Waals surface area contributed by atoms with Crippen LogP contribution in [0.5, 0.6) is 0 Å². The first-order chi connectivity index (χ1) is 10.8. The summed E-state index contributed by atoms with van der Waals surface area (Å²) in [6.45, 7) is 5.17. The van der Waals surface area contributed by atoms with E-state index in [0.717, 1.165) is 37.1 Å². The molecule has 2 fully saturated rings. The van der Waals surface area contributed by atoms with Gasteiger partial charge in [-0.05, 0) is 31.5 Å². The van der Waals surface area contributed by atoms with Crippen molar-refractivity contribution in [3.63, 3.8) is 0 Å². The number of nitrogens with two attached hydrogens (primary N) is 1. The van der Waals surface area contributed by atoms with Crippen LogP contribution >= 0.6 is 35.7 Å². The van der Waals surface area contributed by atoms with E-state index < -0.39 is 0 Å². The lowest BCUT2D eigenvalue weighted by molar-refractivity contribution is 0.251. The van der Waals surface area contributed by atoms with Gasteiger partial charge >= 0.3 is 0 Å². The molecule has 3 rings (SSSR count). The zero-order valence-corrected chi connectivity index (χ0v) is 16.7. The largest absolute Gasteiger partial charge is 0.370 e. The number of halogens is 1. The van der Waals surface area contributed by atoms with Crippen molar-refractivity contribution >= 4 is 41.7 Å². The molecule has 0 saturated carbocycles. The second-order valence-corrected chi connectivity index (χ2v) is 7.19. The molecule has 2 aliphatic rings. The highest BCUT2D eigenvalue weighted by Crippen LogP contribution is 2.25. The Bertz CT molecular complexity index is 485. The smallest absolute Gasteiger partial charge is 0.191 e. The van der Waals surface area contributed by atoms with Gasteiger partial charge in [0.1, 0.15) is 0 Å². The topological polar surface area (TPSA) is 44.9 Å². The Hall–Kier alpha value is -0.470. The molecule has 2 heterocycles. The summed E-state index contributed by atoms with van der Waals surface area (Å²) >= 11 is 2.00. The first-order valence-electron chi connectivity index (χ1n) is 8.26. The van der Waals surface area contributed by atoms with E-state index in [1.807, 2.05) is 11.8 Å². The van der Waals surface area contributed by atoms with Crippen molar-refractivity contribution in [2.24, 2.45) is 10.7 Å². The maximum absolute atomic E-state index is 6.22. The lowest BCUT2D eigenvalue weighted by Gasteiger charge is -2.29. The maximum atomic E-state index is 6.22. The van der Waals surface area contributed by atoms with Crippen LogP contribution in [0.2, 0.25) is 0 Å². The summed E-state index contributed by atoms with van der Waals surface area (Å²) in [5, 5.41) is 0. The summed E-state index contributed by atoms with van der Waals surface area (Å²) in [6, 6.07) is 11.1. The van der Waals surface area contributed by atoms with Crippen molar-refractivity contribution in [2.75, 3.05) is 44.2 Å². The van der Waals surface area contributed by atoms with Crippen molar-refractivity contribution < 1.29 is 0 Å². The van der Waals surface area contributed by atoms with Gasteiger partial charge in [0.25, 0.3) is 0 Å². The Kier molecular flexibility index (Phi) is 7.98. The fraction of sp³-hybridized carbons (Fsp3) is 0.588. The number of hydrogen-bond donors (Lipinski definition) is 1. The third-order valence-electron chi connectivity index (χ3n) is 4.53. The van der Waals surface area contributed by atoms with E-state index in [0.29, 0.717) is 6.04 Å². The minimum absolute atomic E-state index is 0. The fourth-order valence-corrected chi connectivity index (χ4v) is 4.14. The molecule has 1 unspecified atom stereocenters. The van der Waals surface area contributed by atoms with Crippen LogP contribution < -0.4 is 5.73 Å². The Labute approximate surface area is 160 Å². The highest BCUT2D eigenvalue weighted by atomic mass is 127. The highest BCUT2D eigenvalue weighted by molar-refractivity contribution is 14.0. The van der Waals surface area contributed by atoms with Crippen LogP contribution in [0.25, 0.3) is 0 Å². The van der Waals surface area contributed by atoms with Gasteiger partial charge in [0.2, 0.25) is 0 Å². The number of guanidine groups is 1. The Morgan fingerprint density at radius 1 is 1.09 bits per heavy atom. The van der Waals surface area contributed by atoms with E-state index in [4.69, 9.17) is 10.7 Å². The number of aliphatic imine (C=N–C) groups is 1. The predicted octanol–water partition coefficient (Wildman–Crippen LogP) is 2.81. The Balaban J connectivity index is 0.00000192. The van der Waals surface area contributed by atoms with Crippen molar-refractivity contribution in [3.05, 3.63) is 35.9 Å². The molecule has 0 bridgehead atoms. The van der Waals surface area contributed by atoms with Crippen molar-refractivity contribution in [1.29, 1.82) is 0 Å². The molecule has 0 amide bonds. The molecular weight excluding hydrogens is 419 g/mol. The molecule has 128 valence electrons. The molecule has 1 aromatic carbocycles. The van der Waals surface area contributed by atoms with E-state index >= 15 is 0 Å². The molecule has 0 aliphatic carbocycles. The molecule has 1 aromatic rings. The molecule has 6 heteroatoms. The van der Waals surface area contributed by atoms with E-state index in [2.05, 4.69) is 40.1 Å². The second kappa shape index (κ2) is 9.74. The fourth-order valence-electron chi connectivity index (χ4n) is 3.23. The van der Waals surface area contributed by atoms with E-state index in [1.165, 1.54) is 31.5 Å². The number of hydrogen-bond acceptors (Lipinski definition) is 3. The maximum Gasteiger partial charge on any atom is 0.191 e. The van der Waals surface area contributed by atoms with E-state index in [-0.39, 0.29) is 24.0 Å². The standard InChI is InChI=1S/C17H26N4S.HI/c18-17(21-10-12-22-13-11-21)19-14-16(20-8-4-5-9-20)15-6-2-1-3-7-15;/h1-3,6-7,16H,4-5,8-14H2,(H2,18,19);1H. The van der Waals surface area contributed by atoms with Crippen LogP contribution in [0.4, 0.5) is 0 Å². The monoisotopic (exact) mass is 446 g/mol. The Morgan fingerprint density at radius 2 is 1.74 bits per heavy atom. The molecule has 2 N–H and O–H groups in total. The van der Waals surface area contributed by atoms with Gasteiger partial charge in [-0.2, -0.15) is 11.8 Å². The van der Waals surface area contributed by atoms with E-state index in [9.17, 15) is 0 Å². The van der Waals surface area contributed by atoms with Crippen LogP contribution in [-0.4, -0.2) is 60.0 Å². The summed E-state index contributed by atoms with van der Waals surface area (Å²) in [6.07, 6.45) is 2.59.